The van der Waals surface area contributed by atoms with Crippen LogP contribution in [0, 0.1) is 5.92 Å². The van der Waals surface area contributed by atoms with Crippen LogP contribution in [0.25, 0.3) is 0 Å². The molecule has 2 unspecified atom stereocenters. The lowest BCUT2D eigenvalue weighted by atomic mass is 10.1. The average Bonchev–Trinajstić information content (AvgIpc) is 2.85. The van der Waals surface area contributed by atoms with Crippen molar-refractivity contribution in [3.8, 4) is 0 Å². The summed E-state index contributed by atoms with van der Waals surface area (Å²) in [6.45, 7) is 11.4. The van der Waals surface area contributed by atoms with Crippen LogP contribution < -0.4 is 5.32 Å². The van der Waals surface area contributed by atoms with Gasteiger partial charge in [-0.1, -0.05) is 6.92 Å². The summed E-state index contributed by atoms with van der Waals surface area (Å²) in [6, 6.07) is -0.0386. The molecule has 23 heavy (non-hydrogen) atoms. The van der Waals surface area contributed by atoms with Gasteiger partial charge in [0.1, 0.15) is 5.60 Å². The predicted octanol–water partition coefficient (Wildman–Crippen LogP) is 2.05. The molecule has 1 saturated heterocycles. The largest absolute Gasteiger partial charge is 0.444 e. The van der Waals surface area contributed by atoms with Crippen LogP contribution in [0.5, 0.6) is 0 Å². The summed E-state index contributed by atoms with van der Waals surface area (Å²) in [6.07, 6.45) is 1.67. The predicted molar refractivity (Wildman–Crippen MR) is 92.3 cm³/mol. The molecule has 1 heterocycles. The summed E-state index contributed by atoms with van der Waals surface area (Å²) in [5.74, 6) is 0.815. The van der Waals surface area contributed by atoms with E-state index in [4.69, 9.17) is 4.74 Å². The van der Waals surface area contributed by atoms with E-state index in [1.165, 1.54) is 0 Å². The van der Waals surface area contributed by atoms with Gasteiger partial charge in [0.2, 0.25) is 0 Å². The molecule has 0 radical (unpaired) electrons. The monoisotopic (exact) mass is 348 g/mol. The van der Waals surface area contributed by atoms with E-state index in [0.717, 1.165) is 32.5 Å². The minimum atomic E-state index is -2.94. The molecule has 0 aromatic rings. The fraction of sp³-hybridized carbons (Fsp3) is 0.938. The summed E-state index contributed by atoms with van der Waals surface area (Å²) >= 11 is 0. The molecule has 1 aliphatic heterocycles. The highest BCUT2D eigenvalue weighted by Crippen LogP contribution is 2.21. The first-order chi connectivity index (χ1) is 10.5. The summed E-state index contributed by atoms with van der Waals surface area (Å²) in [4.78, 5) is 13.8. The van der Waals surface area contributed by atoms with Gasteiger partial charge in [0.15, 0.2) is 9.84 Å². The second-order valence-electron chi connectivity index (χ2n) is 7.42. The van der Waals surface area contributed by atoms with Gasteiger partial charge in [-0.25, -0.2) is 13.2 Å². The zero-order valence-corrected chi connectivity index (χ0v) is 15.9. The van der Waals surface area contributed by atoms with Crippen molar-refractivity contribution < 1.29 is 17.9 Å². The van der Waals surface area contributed by atoms with Crippen molar-refractivity contribution in [2.24, 2.45) is 5.92 Å². The molecule has 0 bridgehead atoms. The SMILES string of the molecule is CCS(=O)(=O)CC(C)NCCC1CCN(C(=O)OC(C)(C)C)C1. The topological polar surface area (TPSA) is 75.7 Å². The molecular formula is C16H32N2O4S. The van der Waals surface area contributed by atoms with E-state index in [0.29, 0.717) is 5.92 Å². The minimum Gasteiger partial charge on any atom is -0.444 e. The summed E-state index contributed by atoms with van der Waals surface area (Å²) in [5.41, 5.74) is -0.461. The molecule has 1 rings (SSSR count). The van der Waals surface area contributed by atoms with Crippen LogP contribution in [-0.2, 0) is 14.6 Å². The van der Waals surface area contributed by atoms with Crippen molar-refractivity contribution in [2.75, 3.05) is 31.1 Å². The Hall–Kier alpha value is -0.820. The van der Waals surface area contributed by atoms with Gasteiger partial charge in [0.25, 0.3) is 0 Å². The van der Waals surface area contributed by atoms with Crippen molar-refractivity contribution in [3.63, 3.8) is 0 Å². The third kappa shape index (κ3) is 8.01. The Kier molecular flexibility index (Phi) is 7.32. The van der Waals surface area contributed by atoms with Gasteiger partial charge in [-0.2, -0.15) is 0 Å². The van der Waals surface area contributed by atoms with Gasteiger partial charge in [0.05, 0.1) is 5.75 Å². The third-order valence-electron chi connectivity index (χ3n) is 3.93. The van der Waals surface area contributed by atoms with Gasteiger partial charge in [-0.3, -0.25) is 0 Å². The van der Waals surface area contributed by atoms with Crippen molar-refractivity contribution in [2.45, 2.75) is 59.1 Å². The first-order valence-corrected chi connectivity index (χ1v) is 10.3. The number of hydrogen-bond donors (Lipinski definition) is 1. The highest BCUT2D eigenvalue weighted by molar-refractivity contribution is 7.91. The Morgan fingerprint density at radius 1 is 1.39 bits per heavy atom. The normalized spacial score (nSPS) is 20.6. The van der Waals surface area contributed by atoms with Gasteiger partial charge in [-0.15, -0.1) is 0 Å². The number of sulfone groups is 1. The molecule has 6 nitrogen and oxygen atoms in total. The molecule has 7 heteroatoms. The van der Waals surface area contributed by atoms with Crippen LogP contribution in [0.4, 0.5) is 4.79 Å². The van der Waals surface area contributed by atoms with E-state index in [-0.39, 0.29) is 23.6 Å². The number of ether oxygens (including phenoxy) is 1. The highest BCUT2D eigenvalue weighted by atomic mass is 32.2. The van der Waals surface area contributed by atoms with Crippen molar-refractivity contribution >= 4 is 15.9 Å². The molecule has 0 aliphatic carbocycles. The van der Waals surface area contributed by atoms with Crippen LogP contribution >= 0.6 is 0 Å². The highest BCUT2D eigenvalue weighted by Gasteiger charge is 2.29. The van der Waals surface area contributed by atoms with E-state index in [1.54, 1.807) is 11.8 Å². The number of amides is 1. The smallest absolute Gasteiger partial charge is 0.410 e. The number of rotatable bonds is 7. The van der Waals surface area contributed by atoms with Crippen molar-refractivity contribution in [1.29, 1.82) is 0 Å². The maximum atomic E-state index is 12.0. The van der Waals surface area contributed by atoms with E-state index in [2.05, 4.69) is 5.32 Å². The van der Waals surface area contributed by atoms with Gasteiger partial charge in [-0.05, 0) is 53.0 Å². The van der Waals surface area contributed by atoms with E-state index in [1.807, 2.05) is 27.7 Å². The zero-order chi connectivity index (χ0) is 17.7. The molecule has 1 amide bonds. The Morgan fingerprint density at radius 2 is 2.04 bits per heavy atom. The zero-order valence-electron chi connectivity index (χ0n) is 15.1. The Labute approximate surface area is 140 Å². The van der Waals surface area contributed by atoms with Crippen LogP contribution in [0.1, 0.15) is 47.5 Å². The number of nitrogens with zero attached hydrogens (tertiary/aromatic N) is 1. The summed E-state index contributed by atoms with van der Waals surface area (Å²) in [5, 5.41) is 3.27. The number of carbonyl (C=O) groups excluding carboxylic acids is 1. The Morgan fingerprint density at radius 3 is 2.61 bits per heavy atom. The van der Waals surface area contributed by atoms with Gasteiger partial charge in [0, 0.05) is 24.9 Å². The first-order valence-electron chi connectivity index (χ1n) is 8.44. The molecule has 0 spiro atoms. The quantitative estimate of drug-likeness (QED) is 0.762. The standard InChI is InChI=1S/C16H32N2O4S/c1-6-23(20,21)12-13(2)17-9-7-14-8-10-18(11-14)15(19)22-16(3,4)5/h13-14,17H,6-12H2,1-5H3. The average molecular weight is 349 g/mol. The fourth-order valence-electron chi connectivity index (χ4n) is 2.65. The molecular weight excluding hydrogens is 316 g/mol. The Bertz CT molecular complexity index is 485. The minimum absolute atomic E-state index is 0.0386. The lowest BCUT2D eigenvalue weighted by Crippen LogP contribution is -2.36. The fourth-order valence-corrected chi connectivity index (χ4v) is 3.77. The lowest BCUT2D eigenvalue weighted by molar-refractivity contribution is 0.0287. The molecule has 0 aromatic carbocycles. The molecule has 1 N–H and O–H groups in total. The van der Waals surface area contributed by atoms with Crippen LogP contribution in [-0.4, -0.2) is 62.2 Å². The first kappa shape index (κ1) is 20.2. The molecule has 0 saturated carbocycles. The lowest BCUT2D eigenvalue weighted by Gasteiger charge is -2.24. The Balaban J connectivity index is 2.27. The summed E-state index contributed by atoms with van der Waals surface area (Å²) in [7, 11) is -2.94. The van der Waals surface area contributed by atoms with Gasteiger partial charge >= 0.3 is 6.09 Å². The van der Waals surface area contributed by atoms with Crippen molar-refractivity contribution in [3.05, 3.63) is 0 Å². The number of likely N-dealkylation sites (tertiary alicyclic amines) is 1. The molecule has 0 aromatic heterocycles. The second kappa shape index (κ2) is 8.33. The van der Waals surface area contributed by atoms with Crippen molar-refractivity contribution in [1.82, 2.24) is 10.2 Å². The number of nitrogens with one attached hydrogen (secondary N) is 1. The molecule has 136 valence electrons. The van der Waals surface area contributed by atoms with Crippen LogP contribution in [0.3, 0.4) is 0 Å². The second-order valence-corrected chi connectivity index (χ2v) is 9.82. The van der Waals surface area contributed by atoms with E-state index < -0.39 is 15.4 Å². The van der Waals surface area contributed by atoms with Crippen LogP contribution in [0.15, 0.2) is 0 Å². The summed E-state index contributed by atoms with van der Waals surface area (Å²) < 4.78 is 28.5. The molecule has 1 aliphatic rings. The third-order valence-corrected chi connectivity index (χ3v) is 5.81. The van der Waals surface area contributed by atoms with Gasteiger partial charge < -0.3 is 15.0 Å². The maximum Gasteiger partial charge on any atom is 0.410 e. The molecule has 1 fully saturated rings. The maximum absolute atomic E-state index is 12.0. The number of hydrogen-bond acceptors (Lipinski definition) is 5. The van der Waals surface area contributed by atoms with E-state index >= 15 is 0 Å². The molecule has 2 atom stereocenters. The number of carbonyl (C=O) groups is 1. The van der Waals surface area contributed by atoms with Crippen LogP contribution in [0.2, 0.25) is 0 Å². The van der Waals surface area contributed by atoms with E-state index in [9.17, 15) is 13.2 Å².